The van der Waals surface area contributed by atoms with Crippen molar-refractivity contribution >= 4 is 5.91 Å². The normalized spacial score (nSPS) is 21.2. The predicted molar refractivity (Wildman–Crippen MR) is 107 cm³/mol. The first kappa shape index (κ1) is 22.2. The van der Waals surface area contributed by atoms with Gasteiger partial charge in [-0.15, -0.1) is 0 Å². The summed E-state index contributed by atoms with van der Waals surface area (Å²) in [6.45, 7) is 7.88. The Hall–Kier alpha value is -0.830. The van der Waals surface area contributed by atoms with Crippen LogP contribution in [0, 0.1) is 0 Å². The van der Waals surface area contributed by atoms with E-state index in [0.717, 1.165) is 19.5 Å². The molecule has 1 saturated heterocycles. The molecule has 0 aromatic rings. The van der Waals surface area contributed by atoms with Gasteiger partial charge in [0.1, 0.15) is 0 Å². The van der Waals surface area contributed by atoms with Crippen LogP contribution in [0.1, 0.15) is 97.8 Å². The van der Waals surface area contributed by atoms with Gasteiger partial charge in [-0.2, -0.15) is 0 Å². The monoisotopic (exact) mass is 351 g/mol. The predicted octanol–water partition coefficient (Wildman–Crippen LogP) is 5.88. The molecule has 0 aromatic heterocycles. The maximum absolute atomic E-state index is 12.3. The summed E-state index contributed by atoms with van der Waals surface area (Å²) >= 11 is 0. The molecule has 0 spiro atoms. The number of hydrogen-bond donors (Lipinski definition) is 0. The number of hydrogen-bond acceptors (Lipinski definition) is 2. The number of rotatable bonds is 13. The Bertz CT molecular complexity index is 357. The number of allylic oxidation sites excluding steroid dienone is 2. The Morgan fingerprint density at radius 2 is 1.40 bits per heavy atom. The molecule has 3 nitrogen and oxygen atoms in total. The van der Waals surface area contributed by atoms with Crippen LogP contribution >= 0.6 is 0 Å². The van der Waals surface area contributed by atoms with Crippen LogP contribution in [-0.2, 0) is 9.53 Å². The quantitative estimate of drug-likeness (QED) is 0.306. The maximum Gasteiger partial charge on any atom is 0.222 e. The fraction of sp³-hybridized carbons (Fsp3) is 0.864. The van der Waals surface area contributed by atoms with E-state index in [1.54, 1.807) is 0 Å². The Morgan fingerprint density at radius 1 is 0.880 bits per heavy atom. The van der Waals surface area contributed by atoms with Crippen molar-refractivity contribution < 1.29 is 9.53 Å². The molecule has 1 rings (SSSR count). The van der Waals surface area contributed by atoms with Crippen LogP contribution < -0.4 is 0 Å². The van der Waals surface area contributed by atoms with Gasteiger partial charge in [0.2, 0.25) is 5.91 Å². The minimum atomic E-state index is 0.174. The van der Waals surface area contributed by atoms with Gasteiger partial charge in [0, 0.05) is 19.5 Å². The van der Waals surface area contributed by atoms with Gasteiger partial charge in [-0.05, 0) is 46.0 Å². The van der Waals surface area contributed by atoms with Crippen LogP contribution in [0.15, 0.2) is 12.2 Å². The molecule has 146 valence electrons. The van der Waals surface area contributed by atoms with E-state index >= 15 is 0 Å². The van der Waals surface area contributed by atoms with Crippen LogP contribution in [0.4, 0.5) is 0 Å². The van der Waals surface area contributed by atoms with E-state index in [9.17, 15) is 4.79 Å². The molecule has 0 radical (unpaired) electrons. The smallest absolute Gasteiger partial charge is 0.222 e. The second-order valence-corrected chi connectivity index (χ2v) is 7.68. The standard InChI is InChI=1S/C22H41NO2/c1-4-5-6-7-8-9-10-11-12-13-14-15-16-17-22(24)23-18-20(2)25-21(3)19-23/h8-9,20-21H,4-7,10-19H2,1-3H3. The summed E-state index contributed by atoms with van der Waals surface area (Å²) in [5, 5.41) is 0. The highest BCUT2D eigenvalue weighted by atomic mass is 16.5. The van der Waals surface area contributed by atoms with Crippen molar-refractivity contribution in [3.63, 3.8) is 0 Å². The van der Waals surface area contributed by atoms with Gasteiger partial charge in [-0.25, -0.2) is 0 Å². The highest BCUT2D eigenvalue weighted by Crippen LogP contribution is 2.14. The van der Waals surface area contributed by atoms with Gasteiger partial charge in [-0.1, -0.05) is 57.6 Å². The minimum absolute atomic E-state index is 0.174. The van der Waals surface area contributed by atoms with Crippen LogP contribution in [0.25, 0.3) is 0 Å². The fourth-order valence-electron chi connectivity index (χ4n) is 3.53. The van der Waals surface area contributed by atoms with Gasteiger partial charge >= 0.3 is 0 Å². The molecule has 1 fully saturated rings. The highest BCUT2D eigenvalue weighted by molar-refractivity contribution is 5.76. The lowest BCUT2D eigenvalue weighted by Crippen LogP contribution is -2.48. The molecule has 1 heterocycles. The first-order valence-corrected chi connectivity index (χ1v) is 10.7. The van der Waals surface area contributed by atoms with Gasteiger partial charge in [0.25, 0.3) is 0 Å². The van der Waals surface area contributed by atoms with E-state index in [2.05, 4.69) is 32.9 Å². The fourth-order valence-corrected chi connectivity index (χ4v) is 3.53. The summed E-state index contributed by atoms with van der Waals surface area (Å²) in [4.78, 5) is 14.2. The Morgan fingerprint density at radius 3 is 2.00 bits per heavy atom. The van der Waals surface area contributed by atoms with Crippen molar-refractivity contribution in [2.75, 3.05) is 13.1 Å². The van der Waals surface area contributed by atoms with Gasteiger partial charge in [-0.3, -0.25) is 4.79 Å². The second kappa shape index (κ2) is 14.4. The Balaban J connectivity index is 1.90. The van der Waals surface area contributed by atoms with Crippen LogP contribution in [-0.4, -0.2) is 36.1 Å². The summed E-state index contributed by atoms with van der Waals surface area (Å²) in [5.74, 6) is 0.315. The number of unbranched alkanes of at least 4 members (excludes halogenated alkanes) is 9. The number of nitrogens with zero attached hydrogens (tertiary/aromatic N) is 1. The third kappa shape index (κ3) is 11.4. The number of carbonyl (C=O) groups is 1. The van der Waals surface area contributed by atoms with Gasteiger partial charge < -0.3 is 9.64 Å². The lowest BCUT2D eigenvalue weighted by molar-refractivity contribution is -0.143. The number of amides is 1. The molecule has 1 aliphatic heterocycles. The molecule has 25 heavy (non-hydrogen) atoms. The molecule has 0 aromatic carbocycles. The lowest BCUT2D eigenvalue weighted by atomic mass is 10.1. The summed E-state index contributed by atoms with van der Waals surface area (Å²) in [7, 11) is 0. The van der Waals surface area contributed by atoms with E-state index in [-0.39, 0.29) is 12.2 Å². The molecule has 0 saturated carbocycles. The summed E-state index contributed by atoms with van der Waals surface area (Å²) in [6.07, 6.45) is 19.7. The first-order chi connectivity index (χ1) is 12.1. The van der Waals surface area contributed by atoms with E-state index in [4.69, 9.17) is 4.74 Å². The summed E-state index contributed by atoms with van der Waals surface area (Å²) in [6, 6.07) is 0. The largest absolute Gasteiger partial charge is 0.372 e. The van der Waals surface area contributed by atoms with Crippen LogP contribution in [0.5, 0.6) is 0 Å². The first-order valence-electron chi connectivity index (χ1n) is 10.7. The van der Waals surface area contributed by atoms with Crippen molar-refractivity contribution in [3.8, 4) is 0 Å². The van der Waals surface area contributed by atoms with Crippen molar-refractivity contribution in [3.05, 3.63) is 12.2 Å². The second-order valence-electron chi connectivity index (χ2n) is 7.68. The molecular formula is C22H41NO2. The molecule has 2 atom stereocenters. The molecular weight excluding hydrogens is 310 g/mol. The van der Waals surface area contributed by atoms with Crippen molar-refractivity contribution in [1.29, 1.82) is 0 Å². The van der Waals surface area contributed by atoms with E-state index in [0.29, 0.717) is 12.3 Å². The Kier molecular flexibility index (Phi) is 12.8. The minimum Gasteiger partial charge on any atom is -0.372 e. The molecule has 3 heteroatoms. The van der Waals surface area contributed by atoms with Gasteiger partial charge in [0.05, 0.1) is 12.2 Å². The maximum atomic E-state index is 12.3. The molecule has 2 unspecified atom stereocenters. The Labute approximate surface area is 156 Å². The molecule has 1 aliphatic rings. The molecule has 1 amide bonds. The van der Waals surface area contributed by atoms with Gasteiger partial charge in [0.15, 0.2) is 0 Å². The zero-order valence-corrected chi connectivity index (χ0v) is 17.0. The highest BCUT2D eigenvalue weighted by Gasteiger charge is 2.25. The average Bonchev–Trinajstić information content (AvgIpc) is 2.58. The van der Waals surface area contributed by atoms with Crippen molar-refractivity contribution in [2.24, 2.45) is 0 Å². The zero-order chi connectivity index (χ0) is 18.3. The third-order valence-electron chi connectivity index (χ3n) is 4.92. The number of carbonyl (C=O) groups excluding carboxylic acids is 1. The SMILES string of the molecule is CCCCCC=CCCCCCCCCC(=O)N1CC(C)OC(C)C1. The topological polar surface area (TPSA) is 29.5 Å². The van der Waals surface area contributed by atoms with Crippen LogP contribution in [0.2, 0.25) is 0 Å². The van der Waals surface area contributed by atoms with Crippen molar-refractivity contribution in [1.82, 2.24) is 4.90 Å². The van der Waals surface area contributed by atoms with Crippen LogP contribution in [0.3, 0.4) is 0 Å². The van der Waals surface area contributed by atoms with Crippen molar-refractivity contribution in [2.45, 2.75) is 110 Å². The molecule has 0 N–H and O–H groups in total. The summed E-state index contributed by atoms with van der Waals surface area (Å²) in [5.41, 5.74) is 0. The van der Waals surface area contributed by atoms with E-state index < -0.39 is 0 Å². The number of ether oxygens (including phenoxy) is 1. The van der Waals surface area contributed by atoms with E-state index in [1.807, 2.05) is 4.90 Å². The lowest BCUT2D eigenvalue weighted by Gasteiger charge is -2.35. The zero-order valence-electron chi connectivity index (χ0n) is 17.0. The third-order valence-corrected chi connectivity index (χ3v) is 4.92. The average molecular weight is 352 g/mol. The molecule has 0 aliphatic carbocycles. The van der Waals surface area contributed by atoms with E-state index in [1.165, 1.54) is 64.2 Å². The summed E-state index contributed by atoms with van der Waals surface area (Å²) < 4.78 is 5.69. The molecule has 0 bridgehead atoms. The number of morpholine rings is 1.